The molecule has 2 fully saturated rings. The van der Waals surface area contributed by atoms with Crippen molar-refractivity contribution in [3.05, 3.63) is 0 Å². The Bertz CT molecular complexity index is 239. The smallest absolute Gasteiger partial charge is 0.0565 e. The largest absolute Gasteiger partial charge is 0.378 e. The minimum Gasteiger partial charge on any atom is -0.378 e. The number of rotatable bonds is 2. The van der Waals surface area contributed by atoms with Gasteiger partial charge in [-0.3, -0.25) is 4.90 Å². The molecule has 0 bridgehead atoms. The fourth-order valence-corrected chi connectivity index (χ4v) is 4.16. The zero-order chi connectivity index (χ0) is 11.6. The lowest BCUT2D eigenvalue weighted by Gasteiger charge is -2.51. The van der Waals surface area contributed by atoms with E-state index in [0.29, 0.717) is 12.1 Å². The fraction of sp³-hybridized carbons (Fsp3) is 1.00. The van der Waals surface area contributed by atoms with Crippen molar-refractivity contribution in [2.45, 2.75) is 44.4 Å². The van der Waals surface area contributed by atoms with Crippen molar-refractivity contribution in [1.82, 2.24) is 4.90 Å². The summed E-state index contributed by atoms with van der Waals surface area (Å²) in [4.78, 5) is 2.66. The standard InChI is InChI=1S/C12H24N2OS/c1-10-8-16-6-4-14(10)12(9-13)3-5-15-11(2)7-12/h10-11H,3-9,13H2,1-2H3. The van der Waals surface area contributed by atoms with E-state index in [2.05, 4.69) is 30.5 Å². The van der Waals surface area contributed by atoms with E-state index in [4.69, 9.17) is 10.5 Å². The van der Waals surface area contributed by atoms with Gasteiger partial charge in [-0.25, -0.2) is 0 Å². The molecule has 2 aliphatic rings. The van der Waals surface area contributed by atoms with Crippen molar-refractivity contribution in [3.63, 3.8) is 0 Å². The second-order valence-electron chi connectivity index (χ2n) is 5.18. The first-order chi connectivity index (χ1) is 7.68. The predicted octanol–water partition coefficient (Wildman–Crippen LogP) is 1.32. The maximum atomic E-state index is 6.09. The van der Waals surface area contributed by atoms with Gasteiger partial charge in [0.1, 0.15) is 0 Å². The van der Waals surface area contributed by atoms with Crippen molar-refractivity contribution >= 4 is 11.8 Å². The zero-order valence-electron chi connectivity index (χ0n) is 10.4. The van der Waals surface area contributed by atoms with Crippen LogP contribution in [-0.4, -0.2) is 53.8 Å². The first kappa shape index (κ1) is 12.7. The van der Waals surface area contributed by atoms with Crippen molar-refractivity contribution in [2.24, 2.45) is 5.73 Å². The summed E-state index contributed by atoms with van der Waals surface area (Å²) >= 11 is 2.07. The van der Waals surface area contributed by atoms with Crippen LogP contribution in [0.5, 0.6) is 0 Å². The van der Waals surface area contributed by atoms with Gasteiger partial charge in [-0.15, -0.1) is 0 Å². The number of hydrogen-bond acceptors (Lipinski definition) is 4. The fourth-order valence-electron chi connectivity index (χ4n) is 3.14. The maximum Gasteiger partial charge on any atom is 0.0565 e. The Labute approximate surface area is 103 Å². The molecule has 94 valence electrons. The van der Waals surface area contributed by atoms with Gasteiger partial charge >= 0.3 is 0 Å². The van der Waals surface area contributed by atoms with E-state index < -0.39 is 0 Å². The highest BCUT2D eigenvalue weighted by Gasteiger charge is 2.42. The molecule has 16 heavy (non-hydrogen) atoms. The van der Waals surface area contributed by atoms with Gasteiger partial charge in [0.15, 0.2) is 0 Å². The lowest BCUT2D eigenvalue weighted by atomic mass is 9.84. The Morgan fingerprint density at radius 3 is 2.94 bits per heavy atom. The Balaban J connectivity index is 2.12. The predicted molar refractivity (Wildman–Crippen MR) is 69.9 cm³/mol. The molecule has 2 saturated heterocycles. The second kappa shape index (κ2) is 5.25. The summed E-state index contributed by atoms with van der Waals surface area (Å²) in [5.41, 5.74) is 6.30. The number of nitrogens with zero attached hydrogens (tertiary/aromatic N) is 1. The zero-order valence-corrected chi connectivity index (χ0v) is 11.3. The summed E-state index contributed by atoms with van der Waals surface area (Å²) in [7, 11) is 0. The number of ether oxygens (including phenoxy) is 1. The average Bonchev–Trinajstić information content (AvgIpc) is 2.29. The molecule has 0 spiro atoms. The summed E-state index contributed by atoms with van der Waals surface area (Å²) in [6, 6.07) is 0.660. The first-order valence-electron chi connectivity index (χ1n) is 6.34. The number of nitrogens with two attached hydrogens (primary N) is 1. The quantitative estimate of drug-likeness (QED) is 0.795. The van der Waals surface area contributed by atoms with Gasteiger partial charge in [0.05, 0.1) is 6.10 Å². The summed E-state index contributed by atoms with van der Waals surface area (Å²) in [6.45, 7) is 7.34. The Morgan fingerprint density at radius 1 is 1.50 bits per heavy atom. The number of hydrogen-bond donors (Lipinski definition) is 1. The Hall–Kier alpha value is 0.230. The van der Waals surface area contributed by atoms with E-state index in [-0.39, 0.29) is 5.54 Å². The Kier molecular flexibility index (Phi) is 4.16. The van der Waals surface area contributed by atoms with Crippen LogP contribution < -0.4 is 5.73 Å². The molecule has 0 amide bonds. The van der Waals surface area contributed by atoms with E-state index in [9.17, 15) is 0 Å². The van der Waals surface area contributed by atoms with Gasteiger partial charge in [-0.05, 0) is 26.7 Å². The topological polar surface area (TPSA) is 38.5 Å². The molecule has 0 aromatic rings. The van der Waals surface area contributed by atoms with Gasteiger partial charge in [-0.1, -0.05) is 0 Å². The van der Waals surface area contributed by atoms with Crippen LogP contribution in [0.3, 0.4) is 0 Å². The van der Waals surface area contributed by atoms with Crippen LogP contribution in [0.25, 0.3) is 0 Å². The molecule has 0 saturated carbocycles. The van der Waals surface area contributed by atoms with E-state index in [1.807, 2.05) is 0 Å². The lowest BCUT2D eigenvalue weighted by Crippen LogP contribution is -2.62. The molecule has 2 N–H and O–H groups in total. The van der Waals surface area contributed by atoms with Crippen LogP contribution in [0.15, 0.2) is 0 Å². The summed E-state index contributed by atoms with van der Waals surface area (Å²) in [5, 5.41) is 0. The molecular formula is C12H24N2OS. The van der Waals surface area contributed by atoms with Crippen LogP contribution in [0, 0.1) is 0 Å². The summed E-state index contributed by atoms with van der Waals surface area (Å²) in [5.74, 6) is 2.50. The molecule has 0 aliphatic carbocycles. The lowest BCUT2D eigenvalue weighted by molar-refractivity contribution is -0.0716. The van der Waals surface area contributed by atoms with Gasteiger partial charge in [0.25, 0.3) is 0 Å². The summed E-state index contributed by atoms with van der Waals surface area (Å²) in [6.07, 6.45) is 2.56. The van der Waals surface area contributed by atoms with Crippen molar-refractivity contribution in [3.8, 4) is 0 Å². The van der Waals surface area contributed by atoms with Crippen molar-refractivity contribution in [2.75, 3.05) is 31.2 Å². The van der Waals surface area contributed by atoms with E-state index in [1.54, 1.807) is 0 Å². The average molecular weight is 244 g/mol. The summed E-state index contributed by atoms with van der Waals surface area (Å²) < 4.78 is 5.67. The first-order valence-corrected chi connectivity index (χ1v) is 7.49. The van der Waals surface area contributed by atoms with Gasteiger partial charge in [-0.2, -0.15) is 11.8 Å². The van der Waals surface area contributed by atoms with Gasteiger partial charge in [0, 0.05) is 42.8 Å². The number of thioether (sulfide) groups is 1. The molecule has 2 heterocycles. The van der Waals surface area contributed by atoms with Crippen LogP contribution in [0.2, 0.25) is 0 Å². The van der Waals surface area contributed by atoms with E-state index >= 15 is 0 Å². The van der Waals surface area contributed by atoms with E-state index in [0.717, 1.165) is 26.0 Å². The minimum atomic E-state index is 0.206. The van der Waals surface area contributed by atoms with E-state index in [1.165, 1.54) is 18.1 Å². The van der Waals surface area contributed by atoms with Crippen LogP contribution in [0.1, 0.15) is 26.7 Å². The normalized spacial score (nSPS) is 42.2. The molecule has 3 nitrogen and oxygen atoms in total. The monoisotopic (exact) mass is 244 g/mol. The van der Waals surface area contributed by atoms with Gasteiger partial charge in [0.2, 0.25) is 0 Å². The minimum absolute atomic E-state index is 0.206. The van der Waals surface area contributed by atoms with Crippen molar-refractivity contribution in [1.29, 1.82) is 0 Å². The molecule has 0 aromatic heterocycles. The molecule has 2 aliphatic heterocycles. The molecule has 0 radical (unpaired) electrons. The SMILES string of the molecule is CC1CC(CN)(N2CCSCC2C)CCO1. The van der Waals surface area contributed by atoms with Crippen LogP contribution in [-0.2, 0) is 4.74 Å². The molecule has 0 aromatic carbocycles. The van der Waals surface area contributed by atoms with Crippen molar-refractivity contribution < 1.29 is 4.74 Å². The molecule has 4 heteroatoms. The maximum absolute atomic E-state index is 6.09. The molecular weight excluding hydrogens is 220 g/mol. The highest BCUT2D eigenvalue weighted by atomic mass is 32.2. The van der Waals surface area contributed by atoms with Gasteiger partial charge < -0.3 is 10.5 Å². The van der Waals surface area contributed by atoms with Crippen LogP contribution in [0.4, 0.5) is 0 Å². The highest BCUT2D eigenvalue weighted by molar-refractivity contribution is 7.99. The second-order valence-corrected chi connectivity index (χ2v) is 6.33. The third-order valence-corrected chi connectivity index (χ3v) is 5.18. The molecule has 3 unspecified atom stereocenters. The third-order valence-electron chi connectivity index (χ3n) is 3.99. The highest BCUT2D eigenvalue weighted by Crippen LogP contribution is 2.34. The Morgan fingerprint density at radius 2 is 2.31 bits per heavy atom. The third kappa shape index (κ3) is 2.40. The van der Waals surface area contributed by atoms with Crippen LogP contribution >= 0.6 is 11.8 Å². The molecule has 3 atom stereocenters. The molecule has 2 rings (SSSR count).